The predicted molar refractivity (Wildman–Crippen MR) is 105 cm³/mol. The third-order valence-electron chi connectivity index (χ3n) is 3.76. The molecule has 0 aromatic heterocycles. The van der Waals surface area contributed by atoms with E-state index in [2.05, 4.69) is 64.5 Å². The number of anilines is 1. The van der Waals surface area contributed by atoms with Crippen molar-refractivity contribution in [3.8, 4) is 0 Å². The number of benzene rings is 3. The average molecular weight is 379 g/mol. The molecule has 0 atom stereocenters. The zero-order valence-corrected chi connectivity index (χ0v) is 15.1. The van der Waals surface area contributed by atoms with Crippen molar-refractivity contribution >= 4 is 27.3 Å². The molecule has 0 aliphatic heterocycles. The highest BCUT2D eigenvalue weighted by Gasteiger charge is 2.07. The standard InChI is InChI=1S/C21H19BrN2/c1-17(19-12-14-20(22)15-13-19)23-24(21-10-6-3-7-11-21)16-18-8-4-2-5-9-18/h2-15H,16H2,1H3. The summed E-state index contributed by atoms with van der Waals surface area (Å²) >= 11 is 3.48. The van der Waals surface area contributed by atoms with Gasteiger partial charge in [-0.25, -0.2) is 0 Å². The van der Waals surface area contributed by atoms with Crippen LogP contribution in [0.1, 0.15) is 18.1 Å². The maximum Gasteiger partial charge on any atom is 0.0666 e. The first-order valence-corrected chi connectivity index (χ1v) is 8.69. The number of halogens is 1. The number of nitrogens with zero attached hydrogens (tertiary/aromatic N) is 2. The summed E-state index contributed by atoms with van der Waals surface area (Å²) in [6.45, 7) is 2.78. The average Bonchev–Trinajstić information content (AvgIpc) is 2.63. The van der Waals surface area contributed by atoms with E-state index in [0.29, 0.717) is 0 Å². The van der Waals surface area contributed by atoms with E-state index in [4.69, 9.17) is 5.10 Å². The molecule has 0 amide bonds. The lowest BCUT2D eigenvalue weighted by Gasteiger charge is -2.20. The van der Waals surface area contributed by atoms with E-state index in [0.717, 1.165) is 28.0 Å². The fourth-order valence-electron chi connectivity index (χ4n) is 2.47. The summed E-state index contributed by atoms with van der Waals surface area (Å²) in [5.74, 6) is 0. The van der Waals surface area contributed by atoms with Crippen molar-refractivity contribution in [3.05, 3.63) is 101 Å². The number of para-hydroxylation sites is 1. The fraction of sp³-hybridized carbons (Fsp3) is 0.0952. The Morgan fingerprint density at radius 2 is 1.42 bits per heavy atom. The van der Waals surface area contributed by atoms with Crippen molar-refractivity contribution in [3.63, 3.8) is 0 Å². The van der Waals surface area contributed by atoms with Crippen LogP contribution in [0.3, 0.4) is 0 Å². The Morgan fingerprint density at radius 3 is 2.04 bits per heavy atom. The van der Waals surface area contributed by atoms with Gasteiger partial charge in [-0.05, 0) is 42.3 Å². The first-order chi connectivity index (χ1) is 11.7. The molecular formula is C21H19BrN2. The molecule has 0 heterocycles. The Balaban J connectivity index is 1.92. The molecule has 0 aliphatic carbocycles. The van der Waals surface area contributed by atoms with Gasteiger partial charge in [-0.2, -0.15) is 5.10 Å². The minimum Gasteiger partial charge on any atom is -0.261 e. The lowest BCUT2D eigenvalue weighted by molar-refractivity contribution is 0.854. The summed E-state index contributed by atoms with van der Waals surface area (Å²) in [6, 6.07) is 28.9. The van der Waals surface area contributed by atoms with Gasteiger partial charge in [-0.3, -0.25) is 5.01 Å². The normalized spacial score (nSPS) is 11.3. The molecule has 0 unspecified atom stereocenters. The maximum atomic E-state index is 4.88. The van der Waals surface area contributed by atoms with Gasteiger partial charge in [0.15, 0.2) is 0 Å². The van der Waals surface area contributed by atoms with Crippen LogP contribution in [0.2, 0.25) is 0 Å². The van der Waals surface area contributed by atoms with Crippen LogP contribution >= 0.6 is 15.9 Å². The van der Waals surface area contributed by atoms with Gasteiger partial charge < -0.3 is 0 Å². The first-order valence-electron chi connectivity index (χ1n) is 7.90. The summed E-state index contributed by atoms with van der Waals surface area (Å²) in [5.41, 5.74) is 4.42. The minimum absolute atomic E-state index is 0.735. The lowest BCUT2D eigenvalue weighted by atomic mass is 10.1. The summed E-state index contributed by atoms with van der Waals surface area (Å²) < 4.78 is 1.07. The van der Waals surface area contributed by atoms with Crippen LogP contribution in [0.4, 0.5) is 5.69 Å². The van der Waals surface area contributed by atoms with Gasteiger partial charge in [0.05, 0.1) is 17.9 Å². The molecule has 3 aromatic carbocycles. The molecule has 0 radical (unpaired) electrons. The Kier molecular flexibility index (Phi) is 5.44. The summed E-state index contributed by atoms with van der Waals surface area (Å²) in [6.07, 6.45) is 0. The fourth-order valence-corrected chi connectivity index (χ4v) is 2.74. The SMILES string of the molecule is CC(=NN(Cc1ccccc1)c1ccccc1)c1ccc(Br)cc1. The molecule has 0 fully saturated rings. The second-order valence-electron chi connectivity index (χ2n) is 5.57. The Hall–Kier alpha value is -2.39. The van der Waals surface area contributed by atoms with Gasteiger partial charge in [0.2, 0.25) is 0 Å². The maximum absolute atomic E-state index is 4.88. The van der Waals surface area contributed by atoms with E-state index in [-0.39, 0.29) is 0 Å². The molecule has 0 spiro atoms. The van der Waals surface area contributed by atoms with E-state index >= 15 is 0 Å². The summed E-state index contributed by atoms with van der Waals surface area (Å²) in [7, 11) is 0. The molecular weight excluding hydrogens is 360 g/mol. The number of rotatable bonds is 5. The molecule has 0 bridgehead atoms. The van der Waals surface area contributed by atoms with Gasteiger partial charge in [0.25, 0.3) is 0 Å². The Labute approximate surface area is 151 Å². The molecule has 3 aromatic rings. The molecule has 3 rings (SSSR count). The number of hydrogen-bond acceptors (Lipinski definition) is 2. The zero-order chi connectivity index (χ0) is 16.8. The highest BCUT2D eigenvalue weighted by Crippen LogP contribution is 2.19. The van der Waals surface area contributed by atoms with Crippen molar-refractivity contribution < 1.29 is 0 Å². The number of hydrogen-bond donors (Lipinski definition) is 0. The molecule has 0 aliphatic rings. The van der Waals surface area contributed by atoms with Crippen molar-refractivity contribution in [1.82, 2.24) is 0 Å². The largest absolute Gasteiger partial charge is 0.261 e. The van der Waals surface area contributed by atoms with Gasteiger partial charge in [0, 0.05) is 4.47 Å². The van der Waals surface area contributed by atoms with Crippen LogP contribution in [0.25, 0.3) is 0 Å². The van der Waals surface area contributed by atoms with Crippen molar-refractivity contribution in [1.29, 1.82) is 0 Å². The molecule has 24 heavy (non-hydrogen) atoms. The molecule has 0 saturated carbocycles. The van der Waals surface area contributed by atoms with E-state index in [1.807, 2.05) is 48.3 Å². The van der Waals surface area contributed by atoms with E-state index in [1.54, 1.807) is 0 Å². The lowest BCUT2D eigenvalue weighted by Crippen LogP contribution is -2.18. The highest BCUT2D eigenvalue weighted by atomic mass is 79.9. The Bertz CT molecular complexity index is 796. The highest BCUT2D eigenvalue weighted by molar-refractivity contribution is 9.10. The third kappa shape index (κ3) is 4.33. The van der Waals surface area contributed by atoms with E-state index in [9.17, 15) is 0 Å². The van der Waals surface area contributed by atoms with Crippen LogP contribution in [0.15, 0.2) is 94.5 Å². The number of hydrazone groups is 1. The quantitative estimate of drug-likeness (QED) is 0.399. The minimum atomic E-state index is 0.735. The Morgan fingerprint density at radius 1 is 0.833 bits per heavy atom. The van der Waals surface area contributed by atoms with Crippen LogP contribution in [0, 0.1) is 0 Å². The van der Waals surface area contributed by atoms with E-state index < -0.39 is 0 Å². The van der Waals surface area contributed by atoms with Crippen molar-refractivity contribution in [2.45, 2.75) is 13.5 Å². The topological polar surface area (TPSA) is 15.6 Å². The molecule has 3 heteroatoms. The van der Waals surface area contributed by atoms with Crippen LogP contribution in [-0.2, 0) is 6.54 Å². The van der Waals surface area contributed by atoms with Gasteiger partial charge in [-0.1, -0.05) is 76.6 Å². The van der Waals surface area contributed by atoms with Gasteiger partial charge in [0.1, 0.15) is 0 Å². The van der Waals surface area contributed by atoms with Crippen molar-refractivity contribution in [2.75, 3.05) is 5.01 Å². The van der Waals surface area contributed by atoms with Gasteiger partial charge in [-0.15, -0.1) is 0 Å². The summed E-state index contributed by atoms with van der Waals surface area (Å²) in [4.78, 5) is 0. The van der Waals surface area contributed by atoms with Gasteiger partial charge >= 0.3 is 0 Å². The third-order valence-corrected chi connectivity index (χ3v) is 4.29. The smallest absolute Gasteiger partial charge is 0.0666 e. The van der Waals surface area contributed by atoms with Crippen molar-refractivity contribution in [2.24, 2.45) is 5.10 Å². The zero-order valence-electron chi connectivity index (χ0n) is 13.6. The molecule has 2 nitrogen and oxygen atoms in total. The van der Waals surface area contributed by atoms with E-state index in [1.165, 1.54) is 5.56 Å². The second kappa shape index (κ2) is 7.93. The van der Waals surface area contributed by atoms with Crippen LogP contribution in [0.5, 0.6) is 0 Å². The monoisotopic (exact) mass is 378 g/mol. The summed E-state index contributed by atoms with van der Waals surface area (Å²) in [5, 5.41) is 6.92. The predicted octanol–water partition coefficient (Wildman–Crippen LogP) is 5.88. The van der Waals surface area contributed by atoms with Crippen LogP contribution < -0.4 is 5.01 Å². The van der Waals surface area contributed by atoms with Crippen LogP contribution in [-0.4, -0.2) is 5.71 Å². The molecule has 0 saturated heterocycles. The molecule has 0 N–H and O–H groups in total. The molecule has 120 valence electrons. The second-order valence-corrected chi connectivity index (χ2v) is 6.49. The first kappa shape index (κ1) is 16.5.